The summed E-state index contributed by atoms with van der Waals surface area (Å²) in [6, 6.07) is 0.699. The molecule has 2 aliphatic carbocycles. The third-order valence-electron chi connectivity index (χ3n) is 6.19. The molecule has 0 aromatic carbocycles. The van der Waals surface area contributed by atoms with E-state index in [2.05, 4.69) is 39.6 Å². The highest BCUT2D eigenvalue weighted by Gasteiger charge is 2.34. The third-order valence-corrected chi connectivity index (χ3v) is 6.19. The Bertz CT molecular complexity index is 351. The Balaban J connectivity index is 1.86. The molecule has 0 amide bonds. The lowest BCUT2D eigenvalue weighted by Crippen LogP contribution is -2.42. The van der Waals surface area contributed by atoms with Gasteiger partial charge in [-0.15, -0.1) is 0 Å². The molecule has 2 atom stereocenters. The first kappa shape index (κ1) is 17.0. The van der Waals surface area contributed by atoms with Crippen molar-refractivity contribution in [1.82, 2.24) is 4.90 Å². The number of rotatable bonds is 4. The van der Waals surface area contributed by atoms with Gasteiger partial charge in [-0.1, -0.05) is 27.7 Å². The van der Waals surface area contributed by atoms with E-state index in [-0.39, 0.29) is 0 Å². The minimum atomic E-state index is 0.297. The molecule has 2 fully saturated rings. The van der Waals surface area contributed by atoms with Crippen LogP contribution < -0.4 is 0 Å². The highest BCUT2D eigenvalue weighted by Crippen LogP contribution is 2.37. The molecule has 2 saturated carbocycles. The van der Waals surface area contributed by atoms with Crippen molar-refractivity contribution >= 4 is 5.78 Å². The molecular weight excluding hydrogens is 258 g/mol. The molecule has 122 valence electrons. The van der Waals surface area contributed by atoms with Crippen molar-refractivity contribution in [2.45, 2.75) is 78.7 Å². The summed E-state index contributed by atoms with van der Waals surface area (Å²) in [5.74, 6) is 2.30. The van der Waals surface area contributed by atoms with E-state index in [0.717, 1.165) is 37.6 Å². The van der Waals surface area contributed by atoms with Crippen molar-refractivity contribution < 1.29 is 4.79 Å². The van der Waals surface area contributed by atoms with E-state index in [1.165, 1.54) is 25.7 Å². The molecule has 0 spiro atoms. The number of carbonyl (C=O) groups excluding carboxylic acids is 1. The van der Waals surface area contributed by atoms with Gasteiger partial charge in [0.05, 0.1) is 0 Å². The smallest absolute Gasteiger partial charge is 0.137 e. The fourth-order valence-corrected chi connectivity index (χ4v) is 4.25. The highest BCUT2D eigenvalue weighted by molar-refractivity contribution is 5.82. The average molecular weight is 293 g/mol. The lowest BCUT2D eigenvalue weighted by atomic mass is 9.74. The Labute approximate surface area is 131 Å². The molecule has 2 aliphatic rings. The van der Waals surface area contributed by atoms with Crippen molar-refractivity contribution in [3.8, 4) is 0 Å². The Kier molecular flexibility index (Phi) is 5.51. The molecule has 0 radical (unpaired) electrons. The first-order chi connectivity index (χ1) is 9.78. The van der Waals surface area contributed by atoms with Gasteiger partial charge in [-0.3, -0.25) is 4.79 Å². The summed E-state index contributed by atoms with van der Waals surface area (Å²) >= 11 is 0. The lowest BCUT2D eigenvalue weighted by Gasteiger charge is -2.40. The maximum atomic E-state index is 12.3. The third kappa shape index (κ3) is 4.55. The van der Waals surface area contributed by atoms with Crippen LogP contribution in [0.15, 0.2) is 0 Å². The molecule has 0 bridgehead atoms. The van der Waals surface area contributed by atoms with E-state index in [1.54, 1.807) is 0 Å². The zero-order valence-corrected chi connectivity index (χ0v) is 14.8. The van der Waals surface area contributed by atoms with Crippen LogP contribution in [0.25, 0.3) is 0 Å². The predicted molar refractivity (Wildman–Crippen MR) is 89.3 cm³/mol. The molecule has 0 aliphatic heterocycles. The van der Waals surface area contributed by atoms with Crippen molar-refractivity contribution in [3.63, 3.8) is 0 Å². The van der Waals surface area contributed by atoms with E-state index in [9.17, 15) is 4.79 Å². The van der Waals surface area contributed by atoms with Crippen LogP contribution in [-0.2, 0) is 4.79 Å². The van der Waals surface area contributed by atoms with Gasteiger partial charge in [0.2, 0.25) is 0 Å². The van der Waals surface area contributed by atoms with Gasteiger partial charge in [0.25, 0.3) is 0 Å². The summed E-state index contributed by atoms with van der Waals surface area (Å²) in [5.41, 5.74) is 0.529. The predicted octanol–water partition coefficient (Wildman–Crippen LogP) is 4.53. The average Bonchev–Trinajstić information content (AvgIpc) is 2.40. The monoisotopic (exact) mass is 293 g/mol. The Morgan fingerprint density at radius 3 is 2.38 bits per heavy atom. The molecule has 0 saturated heterocycles. The van der Waals surface area contributed by atoms with E-state index >= 15 is 0 Å². The molecule has 2 unspecified atom stereocenters. The van der Waals surface area contributed by atoms with Gasteiger partial charge in [0.15, 0.2) is 0 Å². The number of ketones is 1. The van der Waals surface area contributed by atoms with Gasteiger partial charge < -0.3 is 4.90 Å². The van der Waals surface area contributed by atoms with E-state index in [1.807, 2.05) is 0 Å². The first-order valence-electron chi connectivity index (χ1n) is 9.01. The van der Waals surface area contributed by atoms with Crippen LogP contribution in [0.2, 0.25) is 0 Å². The highest BCUT2D eigenvalue weighted by atomic mass is 16.1. The number of Topliss-reactive ketones (excluding diaryl/α,β-unsaturated/α-hetero) is 1. The molecule has 2 heteroatoms. The fraction of sp³-hybridized carbons (Fsp3) is 0.947. The quantitative estimate of drug-likeness (QED) is 0.759. The summed E-state index contributed by atoms with van der Waals surface area (Å²) in [4.78, 5) is 14.8. The zero-order chi connectivity index (χ0) is 15.6. The van der Waals surface area contributed by atoms with E-state index in [0.29, 0.717) is 23.2 Å². The number of hydrogen-bond donors (Lipinski definition) is 0. The number of hydrogen-bond acceptors (Lipinski definition) is 2. The van der Waals surface area contributed by atoms with Crippen LogP contribution in [-0.4, -0.2) is 30.3 Å². The van der Waals surface area contributed by atoms with E-state index in [4.69, 9.17) is 0 Å². The largest absolute Gasteiger partial charge is 0.303 e. The van der Waals surface area contributed by atoms with Gasteiger partial charge in [-0.25, -0.2) is 0 Å². The van der Waals surface area contributed by atoms with Gasteiger partial charge >= 0.3 is 0 Å². The van der Waals surface area contributed by atoms with Crippen LogP contribution in [0, 0.1) is 23.2 Å². The summed E-state index contributed by atoms with van der Waals surface area (Å²) in [6.07, 6.45) is 8.33. The van der Waals surface area contributed by atoms with Crippen LogP contribution in [0.3, 0.4) is 0 Å². The van der Waals surface area contributed by atoms with Gasteiger partial charge in [-0.05, 0) is 62.8 Å². The maximum absolute atomic E-state index is 12.3. The molecule has 0 aromatic rings. The number of carbonyl (C=O) groups is 1. The van der Waals surface area contributed by atoms with Crippen LogP contribution in [0.5, 0.6) is 0 Å². The summed E-state index contributed by atoms with van der Waals surface area (Å²) < 4.78 is 0. The zero-order valence-electron chi connectivity index (χ0n) is 14.8. The molecular formula is C19H35NO. The first-order valence-corrected chi connectivity index (χ1v) is 9.01. The molecule has 0 aromatic heterocycles. The Morgan fingerprint density at radius 1 is 1.19 bits per heavy atom. The van der Waals surface area contributed by atoms with Crippen molar-refractivity contribution in [2.75, 3.05) is 13.6 Å². The van der Waals surface area contributed by atoms with Gasteiger partial charge in [0.1, 0.15) is 5.78 Å². The molecule has 0 N–H and O–H groups in total. The van der Waals surface area contributed by atoms with Gasteiger partial charge in [0, 0.05) is 24.9 Å². The number of nitrogens with zero attached hydrogens (tertiary/aromatic N) is 1. The summed E-state index contributed by atoms with van der Waals surface area (Å²) in [5, 5.41) is 0. The van der Waals surface area contributed by atoms with Crippen LogP contribution in [0.1, 0.15) is 72.6 Å². The van der Waals surface area contributed by atoms with Gasteiger partial charge in [-0.2, -0.15) is 0 Å². The SMILES string of the molecule is CC(C)C1CCC(=O)C(CN(C)C2CCC(C)(C)CC2)C1. The van der Waals surface area contributed by atoms with Crippen LogP contribution in [0.4, 0.5) is 0 Å². The molecule has 2 nitrogen and oxygen atoms in total. The second-order valence-corrected chi connectivity index (χ2v) is 8.78. The van der Waals surface area contributed by atoms with Crippen molar-refractivity contribution in [3.05, 3.63) is 0 Å². The minimum absolute atomic E-state index is 0.297. The van der Waals surface area contributed by atoms with Crippen molar-refractivity contribution in [1.29, 1.82) is 0 Å². The lowest BCUT2D eigenvalue weighted by molar-refractivity contribution is -0.126. The van der Waals surface area contributed by atoms with Crippen molar-refractivity contribution in [2.24, 2.45) is 23.2 Å². The summed E-state index contributed by atoms with van der Waals surface area (Å²) in [7, 11) is 2.25. The topological polar surface area (TPSA) is 20.3 Å². The Morgan fingerprint density at radius 2 is 1.81 bits per heavy atom. The second kappa shape index (κ2) is 6.81. The summed E-state index contributed by atoms with van der Waals surface area (Å²) in [6.45, 7) is 10.4. The van der Waals surface area contributed by atoms with E-state index < -0.39 is 0 Å². The maximum Gasteiger partial charge on any atom is 0.137 e. The normalized spacial score (nSPS) is 31.1. The molecule has 2 rings (SSSR count). The fourth-order valence-electron chi connectivity index (χ4n) is 4.25. The molecule has 0 heterocycles. The Hall–Kier alpha value is -0.370. The minimum Gasteiger partial charge on any atom is -0.303 e. The van der Waals surface area contributed by atoms with Crippen LogP contribution >= 0.6 is 0 Å². The molecule has 21 heavy (non-hydrogen) atoms. The standard InChI is InChI=1S/C19H35NO/c1-14(2)15-6-7-18(21)16(12-15)13-20(5)17-8-10-19(3,4)11-9-17/h14-17H,6-13H2,1-5H3. The second-order valence-electron chi connectivity index (χ2n) is 8.78.